The van der Waals surface area contributed by atoms with Crippen molar-refractivity contribution in [1.82, 2.24) is 4.98 Å². The van der Waals surface area contributed by atoms with Crippen LogP contribution >= 0.6 is 39.9 Å². The van der Waals surface area contributed by atoms with Gasteiger partial charge in [-0.05, 0) is 52.3 Å². The second kappa shape index (κ2) is 7.34. The van der Waals surface area contributed by atoms with Crippen LogP contribution in [0.4, 0.5) is 10.1 Å². The molecule has 4 nitrogen and oxygen atoms in total. The van der Waals surface area contributed by atoms with Crippen molar-refractivity contribution in [3.8, 4) is 5.75 Å². The molecular formula is C16H10BrCl2FN2O2. The minimum atomic E-state index is -0.742. The lowest BCUT2D eigenvalue weighted by Gasteiger charge is -2.10. The number of rotatable bonds is 2. The number of halogens is 4. The molecule has 0 saturated carbocycles. The van der Waals surface area contributed by atoms with Gasteiger partial charge in [-0.15, -0.1) is 12.4 Å². The molecule has 8 heteroatoms. The van der Waals surface area contributed by atoms with E-state index in [-0.39, 0.29) is 28.2 Å². The molecule has 0 bridgehead atoms. The minimum Gasteiger partial charge on any atom is -0.507 e. The summed E-state index contributed by atoms with van der Waals surface area (Å²) in [6.45, 7) is 0. The number of carbonyl (C=O) groups excluding carboxylic acids is 1. The van der Waals surface area contributed by atoms with Gasteiger partial charge in [0.15, 0.2) is 0 Å². The number of aromatic nitrogens is 1. The van der Waals surface area contributed by atoms with E-state index in [1.807, 2.05) is 0 Å². The number of aromatic hydroxyl groups is 1. The normalized spacial score (nSPS) is 10.3. The molecule has 2 N–H and O–H groups in total. The van der Waals surface area contributed by atoms with Crippen LogP contribution in [-0.2, 0) is 0 Å². The second-order valence-corrected chi connectivity index (χ2v) is 6.05. The van der Waals surface area contributed by atoms with Crippen molar-refractivity contribution < 1.29 is 14.3 Å². The number of fused-ring (bicyclic) bond motifs is 1. The predicted octanol–water partition coefficient (Wildman–Crippen LogP) is 5.17. The Morgan fingerprint density at radius 2 is 2.00 bits per heavy atom. The van der Waals surface area contributed by atoms with Crippen LogP contribution in [0.25, 0.3) is 10.9 Å². The van der Waals surface area contributed by atoms with E-state index in [0.29, 0.717) is 21.6 Å². The average Bonchev–Trinajstić information content (AvgIpc) is 2.50. The van der Waals surface area contributed by atoms with Crippen molar-refractivity contribution in [2.45, 2.75) is 0 Å². The third-order valence-electron chi connectivity index (χ3n) is 3.23. The van der Waals surface area contributed by atoms with E-state index in [0.717, 1.165) is 12.1 Å². The van der Waals surface area contributed by atoms with Crippen molar-refractivity contribution in [2.75, 3.05) is 5.32 Å². The molecule has 0 radical (unpaired) electrons. The number of anilines is 1. The van der Waals surface area contributed by atoms with Gasteiger partial charge < -0.3 is 10.4 Å². The molecule has 2 aromatic carbocycles. The number of nitrogens with one attached hydrogen (secondary N) is 1. The Morgan fingerprint density at radius 3 is 2.75 bits per heavy atom. The first kappa shape index (κ1) is 18.4. The molecule has 0 aliphatic carbocycles. The van der Waals surface area contributed by atoms with Gasteiger partial charge in [0.1, 0.15) is 11.6 Å². The highest BCUT2D eigenvalue weighted by Crippen LogP contribution is 2.28. The fraction of sp³-hybridized carbons (Fsp3) is 0. The Kier molecular flexibility index (Phi) is 5.64. The van der Waals surface area contributed by atoms with E-state index < -0.39 is 11.7 Å². The van der Waals surface area contributed by atoms with Gasteiger partial charge in [-0.2, -0.15) is 0 Å². The first-order valence-corrected chi connectivity index (χ1v) is 7.66. The maximum atomic E-state index is 13.9. The second-order valence-electron chi connectivity index (χ2n) is 4.76. The molecule has 1 aromatic heterocycles. The summed E-state index contributed by atoms with van der Waals surface area (Å²) in [5.74, 6) is -1.63. The zero-order valence-corrected chi connectivity index (χ0v) is 15.0. The van der Waals surface area contributed by atoms with E-state index in [2.05, 4.69) is 26.2 Å². The number of hydrogen-bond donors (Lipinski definition) is 2. The lowest BCUT2D eigenvalue weighted by molar-refractivity contribution is 0.102. The van der Waals surface area contributed by atoms with Gasteiger partial charge in [-0.1, -0.05) is 11.6 Å². The molecule has 1 amide bonds. The van der Waals surface area contributed by atoms with Crippen LogP contribution in [0.2, 0.25) is 5.02 Å². The van der Waals surface area contributed by atoms with Crippen LogP contribution in [0.3, 0.4) is 0 Å². The standard InChI is InChI=1S/C16H9BrClFN2O2.ClH/c17-11-7-12(19)10(6-15(11)22)16(23)21-13-3-4-20-14-5-8(18)1-2-9(13)14;/h1-7,22H,(H,20,21,23);1H. The number of phenolic OH excluding ortho intramolecular Hbond substituents is 1. The maximum Gasteiger partial charge on any atom is 0.258 e. The zero-order chi connectivity index (χ0) is 16.6. The van der Waals surface area contributed by atoms with Crippen LogP contribution in [-0.4, -0.2) is 16.0 Å². The number of nitrogens with zero attached hydrogens (tertiary/aromatic N) is 1. The smallest absolute Gasteiger partial charge is 0.258 e. The topological polar surface area (TPSA) is 62.2 Å². The van der Waals surface area contributed by atoms with Gasteiger partial charge in [-0.25, -0.2) is 4.39 Å². The summed E-state index contributed by atoms with van der Waals surface area (Å²) in [7, 11) is 0. The van der Waals surface area contributed by atoms with Crippen molar-refractivity contribution in [1.29, 1.82) is 0 Å². The Balaban J connectivity index is 0.00000208. The average molecular weight is 432 g/mol. The van der Waals surface area contributed by atoms with E-state index in [4.69, 9.17) is 11.6 Å². The SMILES string of the molecule is Cl.O=C(Nc1ccnc2cc(Cl)ccc12)c1cc(O)c(Br)cc1F. The third-order valence-corrected chi connectivity index (χ3v) is 4.10. The molecule has 0 fully saturated rings. The van der Waals surface area contributed by atoms with E-state index in [9.17, 15) is 14.3 Å². The number of phenols is 1. The molecular weight excluding hydrogens is 422 g/mol. The largest absolute Gasteiger partial charge is 0.507 e. The van der Waals surface area contributed by atoms with Crippen molar-refractivity contribution in [3.05, 3.63) is 63.5 Å². The van der Waals surface area contributed by atoms with Gasteiger partial charge >= 0.3 is 0 Å². The van der Waals surface area contributed by atoms with Gasteiger partial charge in [0, 0.05) is 16.6 Å². The molecule has 0 atom stereocenters. The van der Waals surface area contributed by atoms with Gasteiger partial charge in [0.25, 0.3) is 5.91 Å². The van der Waals surface area contributed by atoms with Crippen molar-refractivity contribution in [3.63, 3.8) is 0 Å². The Hall–Kier alpha value is -1.89. The lowest BCUT2D eigenvalue weighted by Crippen LogP contribution is -2.14. The highest BCUT2D eigenvalue weighted by molar-refractivity contribution is 9.10. The third kappa shape index (κ3) is 3.61. The molecule has 0 aliphatic rings. The van der Waals surface area contributed by atoms with Crippen molar-refractivity contribution >= 4 is 62.4 Å². The summed E-state index contributed by atoms with van der Waals surface area (Å²) in [4.78, 5) is 16.5. The van der Waals surface area contributed by atoms with Crippen LogP contribution in [0.5, 0.6) is 5.75 Å². The number of hydrogen-bond acceptors (Lipinski definition) is 3. The number of benzene rings is 2. The quantitative estimate of drug-likeness (QED) is 0.588. The Bertz CT molecular complexity index is 937. The Morgan fingerprint density at radius 1 is 1.25 bits per heavy atom. The summed E-state index contributed by atoms with van der Waals surface area (Å²) < 4.78 is 14.1. The van der Waals surface area contributed by atoms with Gasteiger partial charge in [0.2, 0.25) is 0 Å². The highest BCUT2D eigenvalue weighted by atomic mass is 79.9. The number of pyridine rings is 1. The molecule has 1 heterocycles. The summed E-state index contributed by atoms with van der Waals surface area (Å²) in [6, 6.07) is 8.76. The van der Waals surface area contributed by atoms with Crippen LogP contribution in [0.1, 0.15) is 10.4 Å². The molecule has 3 rings (SSSR count). The fourth-order valence-electron chi connectivity index (χ4n) is 2.13. The first-order chi connectivity index (χ1) is 11.0. The van der Waals surface area contributed by atoms with Gasteiger partial charge in [0.05, 0.1) is 21.2 Å². The van der Waals surface area contributed by atoms with Gasteiger partial charge in [-0.3, -0.25) is 9.78 Å². The molecule has 124 valence electrons. The molecule has 0 aliphatic heterocycles. The summed E-state index contributed by atoms with van der Waals surface area (Å²) in [5.41, 5.74) is 0.817. The van der Waals surface area contributed by atoms with E-state index in [1.54, 1.807) is 24.3 Å². The minimum absolute atomic E-state index is 0. The molecule has 24 heavy (non-hydrogen) atoms. The lowest BCUT2D eigenvalue weighted by atomic mass is 10.1. The molecule has 0 spiro atoms. The highest BCUT2D eigenvalue weighted by Gasteiger charge is 2.16. The maximum absolute atomic E-state index is 13.9. The zero-order valence-electron chi connectivity index (χ0n) is 11.9. The van der Waals surface area contributed by atoms with E-state index in [1.165, 1.54) is 6.20 Å². The predicted molar refractivity (Wildman–Crippen MR) is 97.7 cm³/mol. The fourth-order valence-corrected chi connectivity index (χ4v) is 2.61. The number of amides is 1. The Labute approximate surface area is 156 Å². The molecule has 0 saturated heterocycles. The molecule has 3 aromatic rings. The van der Waals surface area contributed by atoms with Crippen LogP contribution in [0.15, 0.2) is 47.1 Å². The van der Waals surface area contributed by atoms with Crippen LogP contribution in [0, 0.1) is 5.82 Å². The first-order valence-electron chi connectivity index (χ1n) is 6.49. The molecule has 0 unspecified atom stereocenters. The summed E-state index contributed by atoms with van der Waals surface area (Å²) >= 11 is 8.91. The summed E-state index contributed by atoms with van der Waals surface area (Å²) in [5, 5.41) is 13.4. The summed E-state index contributed by atoms with van der Waals surface area (Å²) in [6.07, 6.45) is 1.52. The van der Waals surface area contributed by atoms with Crippen molar-refractivity contribution in [2.24, 2.45) is 0 Å². The number of carbonyl (C=O) groups is 1. The monoisotopic (exact) mass is 430 g/mol. The van der Waals surface area contributed by atoms with E-state index >= 15 is 0 Å². The van der Waals surface area contributed by atoms with Crippen LogP contribution < -0.4 is 5.32 Å².